The van der Waals surface area contributed by atoms with Crippen LogP contribution in [-0.2, 0) is 11.2 Å². The van der Waals surface area contributed by atoms with E-state index in [1.807, 2.05) is 12.3 Å². The lowest BCUT2D eigenvalue weighted by molar-refractivity contribution is 0.0904. The predicted molar refractivity (Wildman–Crippen MR) is 118 cm³/mol. The molecule has 162 valence electrons. The van der Waals surface area contributed by atoms with Gasteiger partial charge in [-0.1, -0.05) is 18.6 Å². The number of ether oxygens (including phenoxy) is 1. The molecule has 4 aromatic heterocycles. The van der Waals surface area contributed by atoms with Crippen LogP contribution in [0.5, 0.6) is 0 Å². The zero-order chi connectivity index (χ0) is 21.9. The molecule has 0 atom stereocenters. The lowest BCUT2D eigenvalue weighted by atomic mass is 10.1. The average Bonchev–Trinajstić information content (AvgIpc) is 3.46. The summed E-state index contributed by atoms with van der Waals surface area (Å²) in [6.07, 6.45) is 10.7. The van der Waals surface area contributed by atoms with E-state index >= 15 is 0 Å². The minimum Gasteiger partial charge on any atom is -0.381 e. The molecule has 0 unspecified atom stereocenters. The fourth-order valence-electron chi connectivity index (χ4n) is 3.85. The van der Waals surface area contributed by atoms with Gasteiger partial charge >= 0.3 is 0 Å². The molecule has 0 saturated carbocycles. The molecule has 0 aromatic carbocycles. The van der Waals surface area contributed by atoms with E-state index in [4.69, 9.17) is 10.00 Å². The molecule has 32 heavy (non-hydrogen) atoms. The predicted octanol–water partition coefficient (Wildman–Crippen LogP) is 2.81. The number of aromatic nitrogens is 7. The fraction of sp³-hybridized carbons (Fsp3) is 0.364. The van der Waals surface area contributed by atoms with Gasteiger partial charge in [0.1, 0.15) is 11.8 Å². The third kappa shape index (κ3) is 3.90. The first-order chi connectivity index (χ1) is 15.7. The molecule has 4 aromatic rings. The van der Waals surface area contributed by atoms with E-state index in [0.717, 1.165) is 61.4 Å². The molecule has 1 N–H and O–H groups in total. The van der Waals surface area contributed by atoms with Crippen LogP contribution in [0.15, 0.2) is 36.9 Å². The lowest BCUT2D eigenvalue weighted by Gasteiger charge is -2.25. The number of rotatable bonds is 6. The van der Waals surface area contributed by atoms with Crippen LogP contribution < -0.4 is 5.32 Å². The number of nitriles is 1. The number of hydrogen-bond donors (Lipinski definition) is 1. The molecule has 5 heterocycles. The number of nitrogens with one attached hydrogen (secondary N) is 1. The highest BCUT2D eigenvalue weighted by molar-refractivity contribution is 5.77. The smallest absolute Gasteiger partial charge is 0.164 e. The van der Waals surface area contributed by atoms with Crippen molar-refractivity contribution in [2.24, 2.45) is 0 Å². The molecule has 1 saturated heterocycles. The minimum atomic E-state index is 0.294. The van der Waals surface area contributed by atoms with E-state index in [1.54, 1.807) is 34.0 Å². The van der Waals surface area contributed by atoms with Gasteiger partial charge in [-0.2, -0.15) is 15.0 Å². The Kier molecular flexibility index (Phi) is 5.47. The third-order valence-electron chi connectivity index (χ3n) is 5.50. The maximum atomic E-state index is 9.13. The molecule has 10 heteroatoms. The second kappa shape index (κ2) is 8.72. The molecule has 0 radical (unpaired) electrons. The normalized spacial score (nSPS) is 14.5. The molecule has 0 aliphatic carbocycles. The van der Waals surface area contributed by atoms with Gasteiger partial charge in [0.15, 0.2) is 11.5 Å². The molecule has 10 nitrogen and oxygen atoms in total. The Labute approximate surface area is 184 Å². The van der Waals surface area contributed by atoms with Gasteiger partial charge < -0.3 is 10.1 Å². The van der Waals surface area contributed by atoms with Crippen LogP contribution in [0.2, 0.25) is 0 Å². The Bertz CT molecular complexity index is 1280. The van der Waals surface area contributed by atoms with Crippen LogP contribution in [0.25, 0.3) is 22.5 Å². The Morgan fingerprint density at radius 2 is 2.06 bits per heavy atom. The molecular weight excluding hydrogens is 406 g/mol. The maximum Gasteiger partial charge on any atom is 0.164 e. The van der Waals surface area contributed by atoms with Crippen LogP contribution in [-0.4, -0.2) is 54.0 Å². The molecule has 0 bridgehead atoms. The Hall–Kier alpha value is -3.84. The monoisotopic (exact) mass is 429 g/mol. The van der Waals surface area contributed by atoms with Gasteiger partial charge in [0.25, 0.3) is 0 Å². The number of nitrogens with zero attached hydrogens (tertiary/aromatic N) is 8. The number of pyridine rings is 2. The van der Waals surface area contributed by atoms with E-state index in [2.05, 4.69) is 43.7 Å². The summed E-state index contributed by atoms with van der Waals surface area (Å²) in [6.45, 7) is 3.60. The van der Waals surface area contributed by atoms with Gasteiger partial charge in [0.2, 0.25) is 0 Å². The van der Waals surface area contributed by atoms with Gasteiger partial charge in [-0.05, 0) is 25.3 Å². The zero-order valence-corrected chi connectivity index (χ0v) is 17.8. The van der Waals surface area contributed by atoms with Crippen LogP contribution in [0.1, 0.15) is 37.4 Å². The second-order valence-electron chi connectivity index (χ2n) is 7.80. The first-order valence-electron chi connectivity index (χ1n) is 10.8. The quantitative estimate of drug-likeness (QED) is 0.497. The highest BCUT2D eigenvalue weighted by atomic mass is 16.5. The highest BCUT2D eigenvalue weighted by Crippen LogP contribution is 2.26. The van der Waals surface area contributed by atoms with Crippen molar-refractivity contribution in [3.8, 4) is 17.6 Å². The van der Waals surface area contributed by atoms with Crippen molar-refractivity contribution in [3.05, 3.63) is 48.2 Å². The van der Waals surface area contributed by atoms with Crippen molar-refractivity contribution in [2.75, 3.05) is 18.5 Å². The molecule has 1 fully saturated rings. The van der Waals surface area contributed by atoms with Gasteiger partial charge in [0.05, 0.1) is 35.5 Å². The van der Waals surface area contributed by atoms with Crippen molar-refractivity contribution in [3.63, 3.8) is 0 Å². The standard InChI is InChI=1S/C22H23N9O/c1-2-3-18-14-30(29-28-18)20-13-24-21(9-19(20)27-17-4-6-32-7-5-17)31-22-16(12-26-31)8-15(10-23)11-25-22/h8-9,11-14,17H,2-7H2,1H3,(H,24,27). The van der Waals surface area contributed by atoms with Crippen molar-refractivity contribution in [1.82, 2.24) is 34.7 Å². The van der Waals surface area contributed by atoms with Crippen molar-refractivity contribution >= 4 is 16.7 Å². The van der Waals surface area contributed by atoms with E-state index in [9.17, 15) is 0 Å². The second-order valence-corrected chi connectivity index (χ2v) is 7.80. The highest BCUT2D eigenvalue weighted by Gasteiger charge is 2.18. The van der Waals surface area contributed by atoms with Crippen molar-refractivity contribution in [1.29, 1.82) is 5.26 Å². The van der Waals surface area contributed by atoms with Gasteiger partial charge in [-0.3, -0.25) is 0 Å². The van der Waals surface area contributed by atoms with Crippen LogP contribution in [0.4, 0.5) is 5.69 Å². The summed E-state index contributed by atoms with van der Waals surface area (Å²) in [5, 5.41) is 26.6. The fourth-order valence-corrected chi connectivity index (χ4v) is 3.85. The third-order valence-corrected chi connectivity index (χ3v) is 5.50. The van der Waals surface area contributed by atoms with E-state index < -0.39 is 0 Å². The molecule has 0 amide bonds. The number of hydrogen-bond acceptors (Lipinski definition) is 8. The Balaban J connectivity index is 1.56. The largest absolute Gasteiger partial charge is 0.381 e. The number of fused-ring (bicyclic) bond motifs is 1. The van der Waals surface area contributed by atoms with Crippen molar-refractivity contribution in [2.45, 2.75) is 38.6 Å². The number of anilines is 1. The summed E-state index contributed by atoms with van der Waals surface area (Å²) in [5.74, 6) is 0.629. The summed E-state index contributed by atoms with van der Waals surface area (Å²) in [4.78, 5) is 9.05. The topological polar surface area (TPSA) is 119 Å². The van der Waals surface area contributed by atoms with E-state index in [1.165, 1.54) is 0 Å². The number of aryl methyl sites for hydroxylation is 1. The van der Waals surface area contributed by atoms with E-state index in [0.29, 0.717) is 23.1 Å². The summed E-state index contributed by atoms with van der Waals surface area (Å²) >= 11 is 0. The maximum absolute atomic E-state index is 9.13. The zero-order valence-electron chi connectivity index (χ0n) is 17.8. The molecular formula is C22H23N9O. The van der Waals surface area contributed by atoms with Crippen molar-refractivity contribution < 1.29 is 4.74 Å². The van der Waals surface area contributed by atoms with Gasteiger partial charge in [-0.25, -0.2) is 14.6 Å². The first kappa shape index (κ1) is 20.1. The Morgan fingerprint density at radius 1 is 1.19 bits per heavy atom. The lowest BCUT2D eigenvalue weighted by Crippen LogP contribution is -2.28. The SMILES string of the molecule is CCCc1cn(-c2cnc(-n3ncc4cc(C#N)cnc43)cc2NC2CCOCC2)nn1. The van der Waals surface area contributed by atoms with Crippen LogP contribution >= 0.6 is 0 Å². The minimum absolute atomic E-state index is 0.294. The molecule has 1 aliphatic heterocycles. The summed E-state index contributed by atoms with van der Waals surface area (Å²) < 4.78 is 8.95. The Morgan fingerprint density at radius 3 is 2.88 bits per heavy atom. The molecule has 0 spiro atoms. The molecule has 1 aliphatic rings. The summed E-state index contributed by atoms with van der Waals surface area (Å²) in [7, 11) is 0. The first-order valence-corrected chi connectivity index (χ1v) is 10.8. The van der Waals surface area contributed by atoms with Crippen LogP contribution in [0, 0.1) is 11.3 Å². The van der Waals surface area contributed by atoms with Gasteiger partial charge in [-0.15, -0.1) is 5.10 Å². The summed E-state index contributed by atoms with van der Waals surface area (Å²) in [6, 6.07) is 6.13. The van der Waals surface area contributed by atoms with E-state index in [-0.39, 0.29) is 0 Å². The average molecular weight is 429 g/mol. The molecule has 5 rings (SSSR count). The van der Waals surface area contributed by atoms with Crippen LogP contribution in [0.3, 0.4) is 0 Å². The van der Waals surface area contributed by atoms with Gasteiger partial charge in [0, 0.05) is 36.9 Å². The summed E-state index contributed by atoms with van der Waals surface area (Å²) in [5.41, 5.74) is 3.81.